The topological polar surface area (TPSA) is 41.6 Å². The van der Waals surface area contributed by atoms with Crippen molar-refractivity contribution in [3.8, 4) is 0 Å². The lowest BCUT2D eigenvalue weighted by molar-refractivity contribution is 0.0341. The third-order valence-electron chi connectivity index (χ3n) is 0.759. The summed E-state index contributed by atoms with van der Waals surface area (Å²) < 4.78 is 4.99. The molecule has 0 bridgehead atoms. The third-order valence-corrected chi connectivity index (χ3v) is 0.759. The van der Waals surface area contributed by atoms with Crippen molar-refractivity contribution in [3.05, 3.63) is 0 Å². The van der Waals surface area contributed by atoms with Gasteiger partial charge in [-0.25, -0.2) is 4.79 Å². The number of hydrogen-bond acceptors (Lipinski definition) is 3. The first kappa shape index (κ1) is 18.9. The number of ether oxygens (including phenoxy) is 1. The Labute approximate surface area is 88.6 Å². The molecular formula is C10H26N2O2. The Morgan fingerprint density at radius 2 is 1.50 bits per heavy atom. The van der Waals surface area contributed by atoms with Crippen molar-refractivity contribution in [1.82, 2.24) is 10.2 Å². The minimum Gasteiger partial charge on any atom is -0.444 e. The fourth-order valence-electron chi connectivity index (χ4n) is 0.353. The van der Waals surface area contributed by atoms with Crippen LogP contribution in [0.25, 0.3) is 0 Å². The van der Waals surface area contributed by atoms with E-state index in [2.05, 4.69) is 5.32 Å². The molecule has 0 aliphatic heterocycles. The number of rotatable bonds is 0. The van der Waals surface area contributed by atoms with E-state index >= 15 is 0 Å². The van der Waals surface area contributed by atoms with Gasteiger partial charge in [0.05, 0.1) is 0 Å². The number of carbonyl (C=O) groups is 1. The van der Waals surface area contributed by atoms with Crippen LogP contribution in [0.1, 0.15) is 28.2 Å². The molecule has 0 unspecified atom stereocenters. The molecular weight excluding hydrogens is 180 g/mol. The van der Waals surface area contributed by atoms with E-state index in [1.54, 1.807) is 14.1 Å². The SMILES string of the molecule is C.CN(C)C(=O)OC(C)(C)C.CNC. The highest BCUT2D eigenvalue weighted by Crippen LogP contribution is 2.07. The average molecular weight is 206 g/mol. The molecule has 0 aliphatic carbocycles. The summed E-state index contributed by atoms with van der Waals surface area (Å²) in [5.74, 6) is 0. The number of amides is 1. The van der Waals surface area contributed by atoms with Crippen molar-refractivity contribution in [1.29, 1.82) is 0 Å². The van der Waals surface area contributed by atoms with Crippen LogP contribution in [-0.4, -0.2) is 44.8 Å². The van der Waals surface area contributed by atoms with E-state index in [1.807, 2.05) is 34.9 Å². The highest BCUT2D eigenvalue weighted by molar-refractivity contribution is 5.67. The van der Waals surface area contributed by atoms with Gasteiger partial charge in [0.25, 0.3) is 0 Å². The highest BCUT2D eigenvalue weighted by Gasteiger charge is 2.16. The summed E-state index contributed by atoms with van der Waals surface area (Å²) in [5, 5.41) is 2.75. The molecule has 1 amide bonds. The summed E-state index contributed by atoms with van der Waals surface area (Å²) in [6.07, 6.45) is -0.299. The molecule has 4 heteroatoms. The third kappa shape index (κ3) is 17.4. The molecule has 0 saturated carbocycles. The van der Waals surface area contributed by atoms with Crippen LogP contribution >= 0.6 is 0 Å². The molecule has 0 saturated heterocycles. The first-order valence-electron chi connectivity index (χ1n) is 4.23. The lowest BCUT2D eigenvalue weighted by Gasteiger charge is -2.22. The summed E-state index contributed by atoms with van der Waals surface area (Å²) in [5.41, 5.74) is -0.388. The average Bonchev–Trinajstić information content (AvgIpc) is 1.84. The molecule has 0 aromatic carbocycles. The fraction of sp³-hybridized carbons (Fsp3) is 0.900. The molecule has 0 atom stereocenters. The van der Waals surface area contributed by atoms with Gasteiger partial charge in [0, 0.05) is 14.1 Å². The first-order chi connectivity index (χ1) is 5.74. The van der Waals surface area contributed by atoms with Crippen LogP contribution < -0.4 is 5.32 Å². The van der Waals surface area contributed by atoms with Gasteiger partial charge in [0.15, 0.2) is 0 Å². The lowest BCUT2D eigenvalue weighted by Crippen LogP contribution is -2.31. The molecule has 1 N–H and O–H groups in total. The maximum atomic E-state index is 10.9. The maximum absolute atomic E-state index is 10.9. The molecule has 88 valence electrons. The van der Waals surface area contributed by atoms with Gasteiger partial charge in [-0.05, 0) is 34.9 Å². The molecule has 0 rings (SSSR count). The Balaban J connectivity index is -0.000000267. The van der Waals surface area contributed by atoms with Gasteiger partial charge in [0.2, 0.25) is 0 Å². The molecule has 0 aliphatic rings. The van der Waals surface area contributed by atoms with E-state index < -0.39 is 0 Å². The highest BCUT2D eigenvalue weighted by atomic mass is 16.6. The van der Waals surface area contributed by atoms with Gasteiger partial charge in [-0.3, -0.25) is 0 Å². The number of nitrogens with zero attached hydrogens (tertiary/aromatic N) is 1. The zero-order valence-corrected chi connectivity index (χ0v) is 9.76. The number of nitrogens with one attached hydrogen (secondary N) is 1. The number of hydrogen-bond donors (Lipinski definition) is 1. The molecule has 0 aromatic rings. The molecule has 0 radical (unpaired) electrons. The summed E-state index contributed by atoms with van der Waals surface area (Å²) in [6, 6.07) is 0. The Bertz CT molecular complexity index is 140. The van der Waals surface area contributed by atoms with Gasteiger partial charge >= 0.3 is 6.09 Å². The predicted octanol–water partition coefficient (Wildman–Crippen LogP) is 1.95. The van der Waals surface area contributed by atoms with Crippen molar-refractivity contribution in [2.75, 3.05) is 28.2 Å². The van der Waals surface area contributed by atoms with Crippen LogP contribution in [0, 0.1) is 0 Å². The van der Waals surface area contributed by atoms with Gasteiger partial charge in [-0.15, -0.1) is 0 Å². The zero-order chi connectivity index (χ0) is 11.1. The van der Waals surface area contributed by atoms with Crippen molar-refractivity contribution < 1.29 is 9.53 Å². The Morgan fingerprint density at radius 1 is 1.21 bits per heavy atom. The van der Waals surface area contributed by atoms with Crippen molar-refractivity contribution >= 4 is 6.09 Å². The molecule has 14 heavy (non-hydrogen) atoms. The van der Waals surface area contributed by atoms with E-state index in [1.165, 1.54) is 4.90 Å². The van der Waals surface area contributed by atoms with Gasteiger partial charge in [-0.2, -0.15) is 0 Å². The minimum atomic E-state index is -0.388. The van der Waals surface area contributed by atoms with Crippen LogP contribution in [0.5, 0.6) is 0 Å². The van der Waals surface area contributed by atoms with Crippen molar-refractivity contribution in [2.45, 2.75) is 33.8 Å². The second-order valence-electron chi connectivity index (χ2n) is 3.87. The smallest absolute Gasteiger partial charge is 0.409 e. The Morgan fingerprint density at radius 3 is 1.57 bits per heavy atom. The van der Waals surface area contributed by atoms with Crippen LogP contribution in [0.3, 0.4) is 0 Å². The first-order valence-corrected chi connectivity index (χ1v) is 4.23. The van der Waals surface area contributed by atoms with Crippen LogP contribution in [0.4, 0.5) is 4.79 Å². The lowest BCUT2D eigenvalue weighted by atomic mass is 10.2. The molecule has 0 spiro atoms. The van der Waals surface area contributed by atoms with E-state index in [-0.39, 0.29) is 19.1 Å². The normalized spacial score (nSPS) is 9.07. The van der Waals surface area contributed by atoms with Gasteiger partial charge in [0.1, 0.15) is 5.60 Å². The maximum Gasteiger partial charge on any atom is 0.409 e. The monoisotopic (exact) mass is 206 g/mol. The van der Waals surface area contributed by atoms with Gasteiger partial charge in [-0.1, -0.05) is 7.43 Å². The molecule has 0 aromatic heterocycles. The van der Waals surface area contributed by atoms with Crippen LogP contribution in [0.2, 0.25) is 0 Å². The zero-order valence-electron chi connectivity index (χ0n) is 9.76. The second kappa shape index (κ2) is 8.81. The summed E-state index contributed by atoms with van der Waals surface area (Å²) in [7, 11) is 7.07. The van der Waals surface area contributed by atoms with E-state index in [4.69, 9.17) is 4.74 Å². The summed E-state index contributed by atoms with van der Waals surface area (Å²) in [4.78, 5) is 12.3. The molecule has 0 fully saturated rings. The number of carbonyl (C=O) groups excluding carboxylic acids is 1. The standard InChI is InChI=1S/C7H15NO2.C2H7N.CH4/c1-7(2,3)10-6(9)8(4)5;1-3-2;/h1-5H3;3H,1-2H3;1H4. The second-order valence-corrected chi connectivity index (χ2v) is 3.87. The summed E-state index contributed by atoms with van der Waals surface area (Å²) >= 11 is 0. The minimum absolute atomic E-state index is 0. The predicted molar refractivity (Wildman–Crippen MR) is 61.6 cm³/mol. The summed E-state index contributed by atoms with van der Waals surface area (Å²) in [6.45, 7) is 5.52. The largest absolute Gasteiger partial charge is 0.444 e. The van der Waals surface area contributed by atoms with Crippen LogP contribution in [0.15, 0.2) is 0 Å². The van der Waals surface area contributed by atoms with Crippen molar-refractivity contribution in [3.63, 3.8) is 0 Å². The van der Waals surface area contributed by atoms with Crippen LogP contribution in [-0.2, 0) is 4.74 Å². The van der Waals surface area contributed by atoms with E-state index in [0.29, 0.717) is 0 Å². The quantitative estimate of drug-likeness (QED) is 0.658. The fourth-order valence-corrected chi connectivity index (χ4v) is 0.353. The van der Waals surface area contributed by atoms with Crippen molar-refractivity contribution in [2.24, 2.45) is 0 Å². The Kier molecular flexibility index (Phi) is 11.9. The Hall–Kier alpha value is -0.770. The van der Waals surface area contributed by atoms with E-state index in [0.717, 1.165) is 0 Å². The molecule has 0 heterocycles. The molecule has 4 nitrogen and oxygen atoms in total. The van der Waals surface area contributed by atoms with E-state index in [9.17, 15) is 4.79 Å². The van der Waals surface area contributed by atoms with Gasteiger partial charge < -0.3 is 15.0 Å².